The number of ether oxygens (including phenoxy) is 1. The van der Waals surface area contributed by atoms with Crippen molar-refractivity contribution in [2.24, 2.45) is 11.7 Å². The lowest BCUT2D eigenvalue weighted by Crippen LogP contribution is -2.52. The Morgan fingerprint density at radius 2 is 2.15 bits per heavy atom. The lowest BCUT2D eigenvalue weighted by atomic mass is 9.98. The summed E-state index contributed by atoms with van der Waals surface area (Å²) in [5.41, 5.74) is 5.13. The molecule has 114 valence electrons. The lowest BCUT2D eigenvalue weighted by Gasteiger charge is -2.28. The first-order valence-corrected chi connectivity index (χ1v) is 7.64. The molecule has 0 saturated heterocycles. The van der Waals surface area contributed by atoms with Crippen molar-refractivity contribution in [3.8, 4) is 5.88 Å². The number of aromatic nitrogens is 1. The van der Waals surface area contributed by atoms with Crippen LogP contribution in [-0.2, 0) is 10.0 Å². The third kappa shape index (κ3) is 3.60. The van der Waals surface area contributed by atoms with Gasteiger partial charge in [0.25, 0.3) is 0 Å². The first-order valence-electron chi connectivity index (χ1n) is 6.15. The molecule has 1 aliphatic carbocycles. The number of pyridine rings is 1. The zero-order valence-electron chi connectivity index (χ0n) is 11.5. The third-order valence-corrected chi connectivity index (χ3v) is 5.10. The molecule has 0 amide bonds. The first kappa shape index (κ1) is 17.2. The predicted octanol–water partition coefficient (Wildman–Crippen LogP) is 0.918. The molecule has 1 fully saturated rings. The van der Waals surface area contributed by atoms with Crippen LogP contribution in [0.25, 0.3) is 0 Å². The van der Waals surface area contributed by atoms with E-state index in [-0.39, 0.29) is 23.8 Å². The molecule has 1 heterocycles. The van der Waals surface area contributed by atoms with Crippen LogP contribution in [-0.4, -0.2) is 32.6 Å². The zero-order valence-corrected chi connectivity index (χ0v) is 13.1. The summed E-state index contributed by atoms with van der Waals surface area (Å²) in [5.74, 6) is 0.696. The largest absolute Gasteiger partial charge is 0.481 e. The Morgan fingerprint density at radius 1 is 1.50 bits per heavy atom. The molecule has 20 heavy (non-hydrogen) atoms. The highest BCUT2D eigenvalue weighted by molar-refractivity contribution is 7.89. The Morgan fingerprint density at radius 3 is 2.55 bits per heavy atom. The van der Waals surface area contributed by atoms with Crippen molar-refractivity contribution in [2.45, 2.75) is 30.2 Å². The van der Waals surface area contributed by atoms with Crippen molar-refractivity contribution in [3.63, 3.8) is 0 Å². The quantitative estimate of drug-likeness (QED) is 0.812. The zero-order chi connectivity index (χ0) is 14.1. The van der Waals surface area contributed by atoms with Crippen LogP contribution in [0.3, 0.4) is 0 Å². The van der Waals surface area contributed by atoms with Crippen molar-refractivity contribution in [2.75, 3.05) is 13.7 Å². The number of hydrogen-bond donors (Lipinski definition) is 2. The number of hydrogen-bond acceptors (Lipinski definition) is 5. The van der Waals surface area contributed by atoms with Crippen LogP contribution in [0, 0.1) is 5.92 Å². The van der Waals surface area contributed by atoms with E-state index < -0.39 is 15.6 Å². The van der Waals surface area contributed by atoms with E-state index in [1.165, 1.54) is 25.4 Å². The molecule has 1 aromatic heterocycles. The fraction of sp³-hybridized carbons (Fsp3) is 0.583. The maximum absolute atomic E-state index is 12.3. The first-order chi connectivity index (χ1) is 8.91. The normalized spacial score (nSPS) is 17.9. The molecule has 1 aromatic rings. The number of nitrogens with zero attached hydrogens (tertiary/aromatic N) is 1. The monoisotopic (exact) mass is 321 g/mol. The van der Waals surface area contributed by atoms with Crippen molar-refractivity contribution in [1.29, 1.82) is 0 Å². The van der Waals surface area contributed by atoms with Gasteiger partial charge in [0.15, 0.2) is 0 Å². The fourth-order valence-corrected chi connectivity index (χ4v) is 3.44. The summed E-state index contributed by atoms with van der Waals surface area (Å²) in [6.45, 7) is 2.12. The Hall–Kier alpha value is -0.890. The van der Waals surface area contributed by atoms with Gasteiger partial charge >= 0.3 is 0 Å². The molecule has 3 N–H and O–H groups in total. The molecule has 0 aliphatic heterocycles. The summed E-state index contributed by atoms with van der Waals surface area (Å²) >= 11 is 0. The van der Waals surface area contributed by atoms with E-state index in [4.69, 9.17) is 10.5 Å². The molecular formula is C12H20ClN3O3S. The highest BCUT2D eigenvalue weighted by atomic mass is 35.5. The van der Waals surface area contributed by atoms with Gasteiger partial charge in [-0.05, 0) is 31.7 Å². The van der Waals surface area contributed by atoms with Crippen LogP contribution in [0.5, 0.6) is 5.88 Å². The molecule has 6 nitrogen and oxygen atoms in total. The highest BCUT2D eigenvalue weighted by Crippen LogP contribution is 2.39. The van der Waals surface area contributed by atoms with E-state index >= 15 is 0 Å². The Kier molecular flexibility index (Phi) is 5.37. The lowest BCUT2D eigenvalue weighted by molar-refractivity contribution is 0.374. The standard InChI is InChI=1S/C12H19N3O3S.ClH/c1-12(8-13,9-3-4-9)15-19(16,17)10-5-6-11(18-2)14-7-10;/h5-7,9,15H,3-4,8,13H2,1-2H3;1H. The summed E-state index contributed by atoms with van der Waals surface area (Å²) in [6.07, 6.45) is 3.30. The number of nitrogens with one attached hydrogen (secondary N) is 1. The van der Waals surface area contributed by atoms with Gasteiger partial charge in [0, 0.05) is 18.2 Å². The molecule has 0 spiro atoms. The van der Waals surface area contributed by atoms with Crippen LogP contribution in [0.15, 0.2) is 23.2 Å². The number of methoxy groups -OCH3 is 1. The van der Waals surface area contributed by atoms with Crippen molar-refractivity contribution >= 4 is 22.4 Å². The van der Waals surface area contributed by atoms with Crippen molar-refractivity contribution < 1.29 is 13.2 Å². The van der Waals surface area contributed by atoms with Gasteiger partial charge in [0.2, 0.25) is 15.9 Å². The topological polar surface area (TPSA) is 94.3 Å². The van der Waals surface area contributed by atoms with Gasteiger partial charge in [-0.2, -0.15) is 0 Å². The summed E-state index contributed by atoms with van der Waals surface area (Å²) < 4.78 is 32.2. The van der Waals surface area contributed by atoms with Gasteiger partial charge in [-0.25, -0.2) is 18.1 Å². The van der Waals surface area contributed by atoms with E-state index in [9.17, 15) is 8.42 Å². The third-order valence-electron chi connectivity index (χ3n) is 3.50. The Balaban J connectivity index is 0.00000200. The smallest absolute Gasteiger partial charge is 0.242 e. The number of sulfonamides is 1. The molecule has 1 saturated carbocycles. The summed E-state index contributed by atoms with van der Waals surface area (Å²) in [4.78, 5) is 4.03. The molecule has 0 radical (unpaired) electrons. The molecule has 8 heteroatoms. The van der Waals surface area contributed by atoms with Crippen LogP contribution >= 0.6 is 12.4 Å². The SMILES string of the molecule is COc1ccc(S(=O)(=O)NC(C)(CN)C2CC2)cn1.Cl. The van der Waals surface area contributed by atoms with E-state index in [1.807, 2.05) is 6.92 Å². The summed E-state index contributed by atoms with van der Waals surface area (Å²) in [7, 11) is -2.13. The van der Waals surface area contributed by atoms with Crippen LogP contribution in [0.1, 0.15) is 19.8 Å². The number of nitrogens with two attached hydrogens (primary N) is 1. The maximum atomic E-state index is 12.3. The van der Waals surface area contributed by atoms with Crippen LogP contribution in [0.2, 0.25) is 0 Å². The van der Waals surface area contributed by atoms with Gasteiger partial charge in [-0.3, -0.25) is 0 Å². The second kappa shape index (κ2) is 6.26. The van der Waals surface area contributed by atoms with E-state index in [0.717, 1.165) is 12.8 Å². The second-order valence-corrected chi connectivity index (χ2v) is 6.72. The van der Waals surface area contributed by atoms with Crippen LogP contribution in [0.4, 0.5) is 0 Å². The molecule has 0 aromatic carbocycles. The second-order valence-electron chi connectivity index (χ2n) is 5.04. The van der Waals surface area contributed by atoms with E-state index in [2.05, 4.69) is 9.71 Å². The molecule has 0 bridgehead atoms. The molecule has 1 unspecified atom stereocenters. The molecule has 2 rings (SSSR count). The highest BCUT2D eigenvalue weighted by Gasteiger charge is 2.43. The van der Waals surface area contributed by atoms with Gasteiger partial charge < -0.3 is 10.5 Å². The van der Waals surface area contributed by atoms with Gasteiger partial charge in [-0.15, -0.1) is 12.4 Å². The summed E-state index contributed by atoms with van der Waals surface area (Å²) in [5, 5.41) is 0. The Labute approximate surface area is 125 Å². The minimum atomic E-state index is -3.61. The average Bonchev–Trinajstić information content (AvgIpc) is 3.23. The summed E-state index contributed by atoms with van der Waals surface area (Å²) in [6, 6.07) is 2.99. The molecule has 1 atom stereocenters. The molecular weight excluding hydrogens is 302 g/mol. The number of halogens is 1. The van der Waals surface area contributed by atoms with Crippen molar-refractivity contribution in [1.82, 2.24) is 9.71 Å². The van der Waals surface area contributed by atoms with E-state index in [0.29, 0.717) is 11.8 Å². The number of rotatable bonds is 6. The van der Waals surface area contributed by atoms with Gasteiger partial charge in [0.05, 0.1) is 13.3 Å². The minimum Gasteiger partial charge on any atom is -0.481 e. The Bertz CT molecular complexity index is 546. The van der Waals surface area contributed by atoms with E-state index in [1.54, 1.807) is 0 Å². The van der Waals surface area contributed by atoms with Gasteiger partial charge in [0.1, 0.15) is 4.90 Å². The molecule has 1 aliphatic rings. The maximum Gasteiger partial charge on any atom is 0.242 e. The fourth-order valence-electron chi connectivity index (χ4n) is 2.02. The van der Waals surface area contributed by atoms with Crippen LogP contribution < -0.4 is 15.2 Å². The minimum absolute atomic E-state index is 0. The van der Waals surface area contributed by atoms with Gasteiger partial charge in [-0.1, -0.05) is 0 Å². The average molecular weight is 322 g/mol. The predicted molar refractivity (Wildman–Crippen MR) is 78.5 cm³/mol. The van der Waals surface area contributed by atoms with Crippen molar-refractivity contribution in [3.05, 3.63) is 18.3 Å².